The van der Waals surface area contributed by atoms with E-state index in [9.17, 15) is 9.59 Å². The maximum atomic E-state index is 12.5. The first-order chi connectivity index (χ1) is 12.1. The second kappa shape index (κ2) is 8.31. The molecule has 0 aliphatic carbocycles. The summed E-state index contributed by atoms with van der Waals surface area (Å²) in [5.74, 6) is -0.443. The van der Waals surface area contributed by atoms with Gasteiger partial charge in [0.15, 0.2) is 0 Å². The van der Waals surface area contributed by atoms with Gasteiger partial charge in [0.05, 0.1) is 28.8 Å². The van der Waals surface area contributed by atoms with Crippen molar-refractivity contribution in [2.75, 3.05) is 19.7 Å². The molecule has 1 aromatic rings. The Morgan fingerprint density at radius 2 is 1.88 bits per heavy atom. The Morgan fingerprint density at radius 1 is 1.19 bits per heavy atom. The standard InChI is InChI=1S/C19H23Cl2NO4/c1-5-25-17(23)14-11-22(18(24)26-19(2,3)4)9-8-13(14)12-6-7-15(20)16(21)10-12/h6-7,10H,5,8-9,11H2,1-4H3. The number of halogens is 2. The molecule has 0 saturated carbocycles. The number of amides is 1. The number of carbonyl (C=O) groups excluding carboxylic acids is 2. The van der Waals surface area contributed by atoms with Crippen molar-refractivity contribution in [1.82, 2.24) is 4.90 Å². The maximum absolute atomic E-state index is 12.5. The third-order valence-corrected chi connectivity index (χ3v) is 4.53. The van der Waals surface area contributed by atoms with Gasteiger partial charge in [-0.3, -0.25) is 0 Å². The molecule has 0 bridgehead atoms. The van der Waals surface area contributed by atoms with Crippen molar-refractivity contribution in [2.45, 2.75) is 39.7 Å². The monoisotopic (exact) mass is 399 g/mol. The van der Waals surface area contributed by atoms with Crippen LogP contribution < -0.4 is 0 Å². The summed E-state index contributed by atoms with van der Waals surface area (Å²) in [4.78, 5) is 26.4. The van der Waals surface area contributed by atoms with E-state index < -0.39 is 17.7 Å². The smallest absolute Gasteiger partial charge is 0.410 e. The molecule has 0 unspecified atom stereocenters. The minimum Gasteiger partial charge on any atom is -0.463 e. The van der Waals surface area contributed by atoms with E-state index in [1.165, 1.54) is 4.90 Å². The minimum absolute atomic E-state index is 0.128. The van der Waals surface area contributed by atoms with Crippen molar-refractivity contribution in [3.05, 3.63) is 39.4 Å². The quantitative estimate of drug-likeness (QED) is 0.674. The predicted molar refractivity (Wildman–Crippen MR) is 102 cm³/mol. The topological polar surface area (TPSA) is 55.8 Å². The zero-order valence-electron chi connectivity index (χ0n) is 15.4. The van der Waals surface area contributed by atoms with Gasteiger partial charge in [0.2, 0.25) is 0 Å². The first kappa shape index (κ1) is 20.6. The Morgan fingerprint density at radius 3 is 2.46 bits per heavy atom. The molecule has 26 heavy (non-hydrogen) atoms. The fourth-order valence-corrected chi connectivity index (χ4v) is 2.95. The number of rotatable bonds is 3. The lowest BCUT2D eigenvalue weighted by molar-refractivity contribution is -0.138. The van der Waals surface area contributed by atoms with E-state index in [2.05, 4.69) is 0 Å². The molecule has 1 heterocycles. The van der Waals surface area contributed by atoms with Gasteiger partial charge in [-0.1, -0.05) is 29.3 Å². The Bertz CT molecular complexity index is 738. The van der Waals surface area contributed by atoms with Crippen LogP contribution in [0.2, 0.25) is 10.0 Å². The van der Waals surface area contributed by atoms with Crippen molar-refractivity contribution in [2.24, 2.45) is 0 Å². The van der Waals surface area contributed by atoms with Crippen LogP contribution >= 0.6 is 23.2 Å². The summed E-state index contributed by atoms with van der Waals surface area (Å²) < 4.78 is 10.6. The number of nitrogens with zero attached hydrogens (tertiary/aromatic N) is 1. The highest BCUT2D eigenvalue weighted by Crippen LogP contribution is 2.32. The SMILES string of the molecule is CCOC(=O)C1=C(c2ccc(Cl)c(Cl)c2)CCN(C(=O)OC(C)(C)C)C1. The highest BCUT2D eigenvalue weighted by Gasteiger charge is 2.31. The van der Waals surface area contributed by atoms with E-state index in [1.807, 2.05) is 6.07 Å². The molecule has 0 saturated heterocycles. The van der Waals surface area contributed by atoms with Crippen LogP contribution in [-0.4, -0.2) is 42.3 Å². The molecule has 1 aromatic carbocycles. The van der Waals surface area contributed by atoms with Crippen LogP contribution in [0.25, 0.3) is 5.57 Å². The van der Waals surface area contributed by atoms with Gasteiger partial charge in [0.1, 0.15) is 5.60 Å². The molecular weight excluding hydrogens is 377 g/mol. The van der Waals surface area contributed by atoms with Crippen LogP contribution in [-0.2, 0) is 14.3 Å². The second-order valence-electron chi connectivity index (χ2n) is 6.96. The van der Waals surface area contributed by atoms with Gasteiger partial charge < -0.3 is 14.4 Å². The van der Waals surface area contributed by atoms with E-state index >= 15 is 0 Å². The maximum Gasteiger partial charge on any atom is 0.410 e. The van der Waals surface area contributed by atoms with E-state index in [0.717, 1.165) is 11.1 Å². The first-order valence-corrected chi connectivity index (χ1v) is 9.20. The number of hydrogen-bond acceptors (Lipinski definition) is 4. The fraction of sp³-hybridized carbons (Fsp3) is 0.474. The van der Waals surface area contributed by atoms with Crippen molar-refractivity contribution in [3.63, 3.8) is 0 Å². The van der Waals surface area contributed by atoms with Gasteiger partial charge in [-0.25, -0.2) is 9.59 Å². The minimum atomic E-state index is -0.602. The van der Waals surface area contributed by atoms with E-state index in [-0.39, 0.29) is 13.2 Å². The third-order valence-electron chi connectivity index (χ3n) is 3.79. The normalized spacial score (nSPS) is 15.1. The molecule has 0 N–H and O–H groups in total. The molecule has 7 heteroatoms. The molecular formula is C19H23Cl2NO4. The Hall–Kier alpha value is -1.72. The first-order valence-electron chi connectivity index (χ1n) is 8.45. The molecule has 0 atom stereocenters. The Kier molecular flexibility index (Phi) is 6.58. The highest BCUT2D eigenvalue weighted by molar-refractivity contribution is 6.42. The summed E-state index contributed by atoms with van der Waals surface area (Å²) in [5, 5.41) is 0.856. The van der Waals surface area contributed by atoms with Crippen LogP contribution in [0, 0.1) is 0 Å². The molecule has 2 rings (SSSR count). The Balaban J connectivity index is 2.36. The van der Waals surface area contributed by atoms with Crippen LogP contribution in [0.1, 0.15) is 39.7 Å². The van der Waals surface area contributed by atoms with Crippen molar-refractivity contribution >= 4 is 40.8 Å². The lowest BCUT2D eigenvalue weighted by atomic mass is 9.93. The molecule has 142 valence electrons. The number of esters is 1. The third kappa shape index (κ3) is 5.15. The largest absolute Gasteiger partial charge is 0.463 e. The Labute approximate surface area is 163 Å². The summed E-state index contributed by atoms with van der Waals surface area (Å²) in [6.45, 7) is 7.97. The lowest BCUT2D eigenvalue weighted by Crippen LogP contribution is -2.42. The molecule has 0 spiro atoms. The molecule has 1 aliphatic heterocycles. The highest BCUT2D eigenvalue weighted by atomic mass is 35.5. The number of ether oxygens (including phenoxy) is 2. The summed E-state index contributed by atoms with van der Waals surface area (Å²) >= 11 is 12.1. The number of benzene rings is 1. The second-order valence-corrected chi connectivity index (χ2v) is 7.77. The average Bonchev–Trinajstić information content (AvgIpc) is 2.55. The summed E-state index contributed by atoms with van der Waals surface area (Å²) in [7, 11) is 0. The van der Waals surface area contributed by atoms with Crippen molar-refractivity contribution in [3.8, 4) is 0 Å². The van der Waals surface area contributed by atoms with Gasteiger partial charge >= 0.3 is 12.1 Å². The molecule has 0 radical (unpaired) electrons. The van der Waals surface area contributed by atoms with E-state index in [0.29, 0.717) is 28.6 Å². The van der Waals surface area contributed by atoms with Gasteiger partial charge in [-0.2, -0.15) is 0 Å². The van der Waals surface area contributed by atoms with Crippen LogP contribution in [0.3, 0.4) is 0 Å². The van der Waals surface area contributed by atoms with Gasteiger partial charge in [0.25, 0.3) is 0 Å². The summed E-state index contributed by atoms with van der Waals surface area (Å²) in [5.41, 5.74) is 1.44. The fourth-order valence-electron chi connectivity index (χ4n) is 2.65. The van der Waals surface area contributed by atoms with E-state index in [1.54, 1.807) is 39.8 Å². The summed E-state index contributed by atoms with van der Waals surface area (Å²) in [6.07, 6.45) is 0.0400. The molecule has 1 amide bonds. The predicted octanol–water partition coefficient (Wildman–Crippen LogP) is 4.95. The van der Waals surface area contributed by atoms with Crippen molar-refractivity contribution < 1.29 is 19.1 Å². The summed E-state index contributed by atoms with van der Waals surface area (Å²) in [6, 6.07) is 5.22. The number of hydrogen-bond donors (Lipinski definition) is 0. The zero-order valence-corrected chi connectivity index (χ0v) is 16.9. The van der Waals surface area contributed by atoms with Crippen LogP contribution in [0.5, 0.6) is 0 Å². The van der Waals surface area contributed by atoms with Crippen LogP contribution in [0.15, 0.2) is 23.8 Å². The molecule has 5 nitrogen and oxygen atoms in total. The van der Waals surface area contributed by atoms with Gasteiger partial charge in [-0.15, -0.1) is 0 Å². The number of carbonyl (C=O) groups is 2. The lowest BCUT2D eigenvalue weighted by Gasteiger charge is -2.32. The molecule has 0 aromatic heterocycles. The average molecular weight is 400 g/mol. The van der Waals surface area contributed by atoms with E-state index in [4.69, 9.17) is 32.7 Å². The van der Waals surface area contributed by atoms with Gasteiger partial charge in [0, 0.05) is 6.54 Å². The van der Waals surface area contributed by atoms with Crippen LogP contribution in [0.4, 0.5) is 4.79 Å². The zero-order chi connectivity index (χ0) is 19.5. The molecule has 1 aliphatic rings. The molecule has 0 fully saturated rings. The van der Waals surface area contributed by atoms with Gasteiger partial charge in [-0.05, 0) is 57.4 Å². The van der Waals surface area contributed by atoms with Crippen molar-refractivity contribution in [1.29, 1.82) is 0 Å².